The quantitative estimate of drug-likeness (QED) is 0.880. The van der Waals surface area contributed by atoms with E-state index >= 15 is 0 Å². The molecule has 0 radical (unpaired) electrons. The summed E-state index contributed by atoms with van der Waals surface area (Å²) in [5.74, 6) is 1.28. The maximum Gasteiger partial charge on any atom is 0.126 e. The summed E-state index contributed by atoms with van der Waals surface area (Å²) in [4.78, 5) is 0. The Kier molecular flexibility index (Phi) is 3.20. The molecule has 2 aliphatic rings. The Labute approximate surface area is 120 Å². The zero-order valence-corrected chi connectivity index (χ0v) is 12.8. The van der Waals surface area contributed by atoms with Crippen molar-refractivity contribution in [1.82, 2.24) is 0 Å². The number of hydrogen-bond donors (Lipinski definition) is 1. The third-order valence-electron chi connectivity index (χ3n) is 4.65. The summed E-state index contributed by atoms with van der Waals surface area (Å²) in [6, 6.07) is 1.97. The van der Waals surface area contributed by atoms with Gasteiger partial charge < -0.3 is 14.6 Å². The van der Waals surface area contributed by atoms with Gasteiger partial charge in [-0.2, -0.15) is 0 Å². The first-order chi connectivity index (χ1) is 9.42. The van der Waals surface area contributed by atoms with Crippen molar-refractivity contribution >= 4 is 0 Å². The topological polar surface area (TPSA) is 38.7 Å². The van der Waals surface area contributed by atoms with Gasteiger partial charge in [0.2, 0.25) is 0 Å². The largest absolute Gasteiger partial charge is 0.507 e. The molecule has 3 nitrogen and oxygen atoms in total. The van der Waals surface area contributed by atoms with E-state index in [1.165, 1.54) is 6.42 Å². The summed E-state index contributed by atoms with van der Waals surface area (Å²) in [6.45, 7) is 8.00. The van der Waals surface area contributed by atoms with Gasteiger partial charge in [0.25, 0.3) is 0 Å². The second-order valence-corrected chi connectivity index (χ2v) is 6.60. The fraction of sp³-hybridized carbons (Fsp3) is 0.647. The highest BCUT2D eigenvalue weighted by molar-refractivity contribution is 5.54. The minimum atomic E-state index is -0.0254. The highest BCUT2D eigenvalue weighted by Gasteiger charge is 2.47. The Morgan fingerprint density at radius 1 is 1.35 bits per heavy atom. The molecule has 0 saturated heterocycles. The van der Waals surface area contributed by atoms with Crippen molar-refractivity contribution in [3.05, 3.63) is 22.8 Å². The SMILES string of the molecule is Cc1cc2c(c(C)c1O)C(OC(C)C)CC1(CCC1)O2. The van der Waals surface area contributed by atoms with Gasteiger partial charge in [-0.15, -0.1) is 0 Å². The Balaban J connectivity index is 2.07. The first-order valence-electron chi connectivity index (χ1n) is 7.59. The Bertz CT molecular complexity index is 530. The molecule has 110 valence electrons. The van der Waals surface area contributed by atoms with E-state index in [2.05, 4.69) is 13.8 Å². The van der Waals surface area contributed by atoms with E-state index in [0.29, 0.717) is 5.75 Å². The molecule has 1 atom stereocenters. The third-order valence-corrected chi connectivity index (χ3v) is 4.65. The number of phenols is 1. The van der Waals surface area contributed by atoms with Crippen LogP contribution in [-0.4, -0.2) is 16.8 Å². The molecule has 3 heteroatoms. The first-order valence-corrected chi connectivity index (χ1v) is 7.59. The molecule has 1 aromatic rings. The van der Waals surface area contributed by atoms with E-state index in [9.17, 15) is 5.11 Å². The highest BCUT2D eigenvalue weighted by Crippen LogP contribution is 2.52. The Hall–Kier alpha value is -1.22. The predicted octanol–water partition coefficient (Wildman–Crippen LogP) is 4.18. The van der Waals surface area contributed by atoms with Crippen molar-refractivity contribution in [2.45, 2.75) is 71.2 Å². The summed E-state index contributed by atoms with van der Waals surface area (Å²) >= 11 is 0. The van der Waals surface area contributed by atoms with Crippen LogP contribution in [0.15, 0.2) is 6.07 Å². The summed E-state index contributed by atoms with van der Waals surface area (Å²) in [6.07, 6.45) is 4.57. The lowest BCUT2D eigenvalue weighted by Gasteiger charge is -2.48. The molecule has 1 N–H and O–H groups in total. The molecular weight excluding hydrogens is 252 g/mol. The minimum Gasteiger partial charge on any atom is -0.507 e. The number of fused-ring (bicyclic) bond motifs is 1. The predicted molar refractivity (Wildman–Crippen MR) is 78.4 cm³/mol. The summed E-state index contributed by atoms with van der Waals surface area (Å²) < 4.78 is 12.4. The Morgan fingerprint density at radius 2 is 2.05 bits per heavy atom. The van der Waals surface area contributed by atoms with Crippen LogP contribution in [0.1, 0.15) is 62.3 Å². The molecule has 1 aliphatic heterocycles. The zero-order valence-electron chi connectivity index (χ0n) is 12.8. The number of aromatic hydroxyl groups is 1. The van der Waals surface area contributed by atoms with Gasteiger partial charge in [-0.1, -0.05) is 0 Å². The molecule has 1 spiro atoms. The van der Waals surface area contributed by atoms with E-state index in [4.69, 9.17) is 9.47 Å². The van der Waals surface area contributed by atoms with Crippen molar-refractivity contribution in [2.24, 2.45) is 0 Å². The van der Waals surface area contributed by atoms with E-state index in [1.807, 2.05) is 19.9 Å². The van der Waals surface area contributed by atoms with Crippen LogP contribution in [0.4, 0.5) is 0 Å². The van der Waals surface area contributed by atoms with Crippen molar-refractivity contribution in [3.63, 3.8) is 0 Å². The fourth-order valence-corrected chi connectivity index (χ4v) is 3.47. The average molecular weight is 276 g/mol. The third kappa shape index (κ3) is 2.08. The lowest BCUT2D eigenvalue weighted by molar-refractivity contribution is -0.101. The van der Waals surface area contributed by atoms with Crippen LogP contribution >= 0.6 is 0 Å². The summed E-state index contributed by atoms with van der Waals surface area (Å²) in [5.41, 5.74) is 2.79. The van der Waals surface area contributed by atoms with E-state index < -0.39 is 0 Å². The maximum atomic E-state index is 10.2. The molecule has 1 unspecified atom stereocenters. The normalized spacial score (nSPS) is 23.4. The first kappa shape index (κ1) is 13.7. The summed E-state index contributed by atoms with van der Waals surface area (Å²) in [7, 11) is 0. The number of aryl methyl sites for hydroxylation is 1. The van der Waals surface area contributed by atoms with Gasteiger partial charge in [0.05, 0.1) is 12.2 Å². The van der Waals surface area contributed by atoms with Crippen molar-refractivity contribution in [2.75, 3.05) is 0 Å². The van der Waals surface area contributed by atoms with Gasteiger partial charge in [-0.3, -0.25) is 0 Å². The lowest BCUT2D eigenvalue weighted by atomic mass is 9.73. The van der Waals surface area contributed by atoms with E-state index in [1.54, 1.807) is 0 Å². The second-order valence-electron chi connectivity index (χ2n) is 6.60. The van der Waals surface area contributed by atoms with Crippen LogP contribution in [0.5, 0.6) is 11.5 Å². The van der Waals surface area contributed by atoms with Crippen molar-refractivity contribution < 1.29 is 14.6 Å². The zero-order chi connectivity index (χ0) is 14.5. The molecular formula is C17H24O3. The molecule has 0 amide bonds. The number of phenolic OH excluding ortho intramolecular Hbond substituents is 1. The van der Waals surface area contributed by atoms with Gasteiger partial charge in [0.1, 0.15) is 17.1 Å². The number of hydrogen-bond acceptors (Lipinski definition) is 3. The van der Waals surface area contributed by atoms with Gasteiger partial charge in [0.15, 0.2) is 0 Å². The molecule has 1 heterocycles. The monoisotopic (exact) mass is 276 g/mol. The van der Waals surface area contributed by atoms with Gasteiger partial charge in [0, 0.05) is 17.5 Å². The molecule has 1 aromatic carbocycles. The van der Waals surface area contributed by atoms with Crippen molar-refractivity contribution in [1.29, 1.82) is 0 Å². The van der Waals surface area contributed by atoms with Crippen LogP contribution in [-0.2, 0) is 4.74 Å². The molecule has 1 saturated carbocycles. The number of ether oxygens (including phenoxy) is 2. The standard InChI is InChI=1S/C17H24O3/c1-10(2)19-14-9-17(6-5-7-17)20-13-8-11(3)16(18)12(4)15(13)14/h8,10,14,18H,5-7,9H2,1-4H3. The minimum absolute atomic E-state index is 0.0254. The van der Waals surface area contributed by atoms with E-state index in [-0.39, 0.29) is 17.8 Å². The van der Waals surface area contributed by atoms with Gasteiger partial charge in [-0.25, -0.2) is 0 Å². The second kappa shape index (κ2) is 4.66. The van der Waals surface area contributed by atoms with Crippen LogP contribution < -0.4 is 4.74 Å². The van der Waals surface area contributed by atoms with Crippen LogP contribution in [0.2, 0.25) is 0 Å². The summed E-state index contributed by atoms with van der Waals surface area (Å²) in [5, 5.41) is 10.2. The maximum absolute atomic E-state index is 10.2. The van der Waals surface area contributed by atoms with Crippen LogP contribution in [0.3, 0.4) is 0 Å². The molecule has 0 aromatic heterocycles. The lowest BCUT2D eigenvalue weighted by Crippen LogP contribution is -2.47. The average Bonchev–Trinajstić information content (AvgIpc) is 2.32. The van der Waals surface area contributed by atoms with Crippen LogP contribution in [0.25, 0.3) is 0 Å². The molecule has 3 rings (SSSR count). The number of benzene rings is 1. The van der Waals surface area contributed by atoms with Crippen LogP contribution in [0, 0.1) is 13.8 Å². The fourth-order valence-electron chi connectivity index (χ4n) is 3.47. The smallest absolute Gasteiger partial charge is 0.126 e. The molecule has 0 bridgehead atoms. The molecule has 20 heavy (non-hydrogen) atoms. The molecule has 1 fully saturated rings. The highest BCUT2D eigenvalue weighted by atomic mass is 16.5. The van der Waals surface area contributed by atoms with Gasteiger partial charge >= 0.3 is 0 Å². The molecule has 1 aliphatic carbocycles. The van der Waals surface area contributed by atoms with Crippen molar-refractivity contribution in [3.8, 4) is 11.5 Å². The Morgan fingerprint density at radius 3 is 2.60 bits per heavy atom. The number of rotatable bonds is 2. The van der Waals surface area contributed by atoms with Gasteiger partial charge in [-0.05, 0) is 58.6 Å². The van der Waals surface area contributed by atoms with E-state index in [0.717, 1.165) is 41.7 Å².